The molecule has 10 heteroatoms. The van der Waals surface area contributed by atoms with Gasteiger partial charge in [0.25, 0.3) is 0 Å². The third-order valence-electron chi connectivity index (χ3n) is 4.56. The van der Waals surface area contributed by atoms with Crippen LogP contribution in [0.15, 0.2) is 60.7 Å². The van der Waals surface area contributed by atoms with Crippen LogP contribution < -0.4 is 0 Å². The SMILES string of the molecule is CC(=O)O[C@H](CO)[C@@H](OC(=O)c1ccccc1)[C@H](OC(=O)c1ccccc1)[C@@H](CO)OC(C)=O. The van der Waals surface area contributed by atoms with Crippen molar-refractivity contribution in [3.63, 3.8) is 0 Å². The number of hydrogen-bond acceptors (Lipinski definition) is 10. The number of esters is 4. The lowest BCUT2D eigenvalue weighted by atomic mass is 10.0. The minimum absolute atomic E-state index is 0.119. The third-order valence-corrected chi connectivity index (χ3v) is 4.56. The summed E-state index contributed by atoms with van der Waals surface area (Å²) in [4.78, 5) is 48.9. The van der Waals surface area contributed by atoms with E-state index in [9.17, 15) is 29.4 Å². The lowest BCUT2D eigenvalue weighted by molar-refractivity contribution is -0.180. The van der Waals surface area contributed by atoms with Gasteiger partial charge in [-0.3, -0.25) is 9.59 Å². The first kappa shape index (κ1) is 26.5. The maximum atomic E-state index is 12.8. The normalized spacial score (nSPS) is 14.1. The lowest BCUT2D eigenvalue weighted by Crippen LogP contribution is -2.54. The van der Waals surface area contributed by atoms with Crippen LogP contribution in [0.25, 0.3) is 0 Å². The summed E-state index contributed by atoms with van der Waals surface area (Å²) in [6.07, 6.45) is -6.32. The number of carbonyl (C=O) groups excluding carboxylic acids is 4. The zero-order valence-electron chi connectivity index (χ0n) is 18.7. The molecule has 0 fully saturated rings. The average Bonchev–Trinajstić information content (AvgIpc) is 2.84. The summed E-state index contributed by atoms with van der Waals surface area (Å²) >= 11 is 0. The number of aliphatic hydroxyl groups excluding tert-OH is 2. The van der Waals surface area contributed by atoms with E-state index in [1.165, 1.54) is 24.3 Å². The Balaban J connectivity index is 2.49. The van der Waals surface area contributed by atoms with Crippen LogP contribution in [0.2, 0.25) is 0 Å². The van der Waals surface area contributed by atoms with Crippen LogP contribution in [0.5, 0.6) is 0 Å². The summed E-state index contributed by atoms with van der Waals surface area (Å²) in [6, 6.07) is 15.5. The summed E-state index contributed by atoms with van der Waals surface area (Å²) in [6.45, 7) is 0.479. The van der Waals surface area contributed by atoms with Crippen molar-refractivity contribution in [2.75, 3.05) is 13.2 Å². The molecule has 0 heterocycles. The highest BCUT2D eigenvalue weighted by atomic mass is 16.6. The van der Waals surface area contributed by atoms with E-state index in [0.717, 1.165) is 13.8 Å². The fourth-order valence-electron chi connectivity index (χ4n) is 3.08. The van der Waals surface area contributed by atoms with Crippen LogP contribution >= 0.6 is 0 Å². The molecular weight excluding hydrogens is 448 g/mol. The topological polar surface area (TPSA) is 146 Å². The smallest absolute Gasteiger partial charge is 0.338 e. The molecule has 2 aromatic rings. The minimum atomic E-state index is -1.65. The molecule has 0 spiro atoms. The molecule has 0 aromatic heterocycles. The predicted octanol–water partition coefficient (Wildman–Crippen LogP) is 1.29. The van der Waals surface area contributed by atoms with Crippen LogP contribution in [0, 0.1) is 0 Å². The molecule has 0 saturated carbocycles. The minimum Gasteiger partial charge on any atom is -0.456 e. The van der Waals surface area contributed by atoms with Crippen molar-refractivity contribution in [2.24, 2.45) is 0 Å². The molecule has 4 atom stereocenters. The number of aliphatic hydroxyl groups is 2. The van der Waals surface area contributed by atoms with E-state index in [2.05, 4.69) is 0 Å². The standard InChI is InChI=1S/C24H26O10/c1-15(27)31-19(13-25)21(33-23(29)17-9-5-3-6-10-17)22(20(14-26)32-16(2)28)34-24(30)18-11-7-4-8-12-18/h3-12,19-22,25-26H,13-14H2,1-2H3/t19-,20-,21-,22-/m1/s1. The van der Waals surface area contributed by atoms with Crippen molar-refractivity contribution in [2.45, 2.75) is 38.3 Å². The summed E-state index contributed by atoms with van der Waals surface area (Å²) in [5, 5.41) is 19.8. The fourth-order valence-corrected chi connectivity index (χ4v) is 3.08. The summed E-state index contributed by atoms with van der Waals surface area (Å²) < 4.78 is 21.2. The largest absolute Gasteiger partial charge is 0.456 e. The Kier molecular flexibility index (Phi) is 10.2. The van der Waals surface area contributed by atoms with Gasteiger partial charge in [0.05, 0.1) is 24.3 Å². The van der Waals surface area contributed by atoms with Gasteiger partial charge in [-0.25, -0.2) is 9.59 Å². The van der Waals surface area contributed by atoms with Crippen LogP contribution in [-0.2, 0) is 28.5 Å². The van der Waals surface area contributed by atoms with Crippen molar-refractivity contribution in [1.29, 1.82) is 0 Å². The molecule has 2 aromatic carbocycles. The fraction of sp³-hybridized carbons (Fsp3) is 0.333. The second kappa shape index (κ2) is 13.1. The first-order chi connectivity index (χ1) is 16.3. The highest BCUT2D eigenvalue weighted by Gasteiger charge is 2.44. The van der Waals surface area contributed by atoms with E-state index in [4.69, 9.17) is 18.9 Å². The van der Waals surface area contributed by atoms with E-state index in [1.54, 1.807) is 36.4 Å². The maximum Gasteiger partial charge on any atom is 0.338 e. The quantitative estimate of drug-likeness (QED) is 0.361. The second-order valence-electron chi connectivity index (χ2n) is 7.13. The van der Waals surface area contributed by atoms with Crippen molar-refractivity contribution in [3.05, 3.63) is 71.8 Å². The first-order valence-corrected chi connectivity index (χ1v) is 10.3. The van der Waals surface area contributed by atoms with Gasteiger partial charge in [0.15, 0.2) is 24.4 Å². The molecule has 2 N–H and O–H groups in total. The number of ether oxygens (including phenoxy) is 4. The summed E-state index contributed by atoms with van der Waals surface area (Å²) in [5.41, 5.74) is 0.237. The van der Waals surface area contributed by atoms with Crippen LogP contribution in [0.1, 0.15) is 34.6 Å². The van der Waals surface area contributed by atoms with E-state index in [0.29, 0.717) is 0 Å². The van der Waals surface area contributed by atoms with Crippen LogP contribution in [0.3, 0.4) is 0 Å². The Morgan fingerprint density at radius 2 is 0.941 bits per heavy atom. The Bertz CT molecular complexity index is 881. The van der Waals surface area contributed by atoms with Gasteiger partial charge < -0.3 is 29.2 Å². The molecule has 0 radical (unpaired) electrons. The number of rotatable bonds is 11. The Hall–Kier alpha value is -3.76. The van der Waals surface area contributed by atoms with Gasteiger partial charge in [0.2, 0.25) is 0 Å². The van der Waals surface area contributed by atoms with Crippen molar-refractivity contribution >= 4 is 23.9 Å². The van der Waals surface area contributed by atoms with Crippen molar-refractivity contribution in [1.82, 2.24) is 0 Å². The van der Waals surface area contributed by atoms with E-state index >= 15 is 0 Å². The average molecular weight is 474 g/mol. The Labute approximate surface area is 196 Å². The maximum absolute atomic E-state index is 12.8. The molecule has 0 aliphatic rings. The van der Waals surface area contributed by atoms with Gasteiger partial charge in [-0.15, -0.1) is 0 Å². The molecule has 2 rings (SSSR count). The molecule has 0 amide bonds. The highest BCUT2D eigenvalue weighted by molar-refractivity contribution is 5.90. The summed E-state index contributed by atoms with van der Waals surface area (Å²) in [7, 11) is 0. The Morgan fingerprint density at radius 1 is 0.618 bits per heavy atom. The molecule has 10 nitrogen and oxygen atoms in total. The van der Waals surface area contributed by atoms with Crippen LogP contribution in [-0.4, -0.2) is 71.7 Å². The third kappa shape index (κ3) is 7.68. The molecule has 0 unspecified atom stereocenters. The van der Waals surface area contributed by atoms with Gasteiger partial charge in [-0.05, 0) is 24.3 Å². The lowest BCUT2D eigenvalue weighted by Gasteiger charge is -2.34. The monoisotopic (exact) mass is 474 g/mol. The van der Waals surface area contributed by atoms with Gasteiger partial charge in [-0.2, -0.15) is 0 Å². The second-order valence-corrected chi connectivity index (χ2v) is 7.13. The molecule has 0 saturated heterocycles. The first-order valence-electron chi connectivity index (χ1n) is 10.3. The van der Waals surface area contributed by atoms with E-state index < -0.39 is 61.5 Å². The molecule has 0 aliphatic heterocycles. The van der Waals surface area contributed by atoms with Crippen molar-refractivity contribution in [3.8, 4) is 0 Å². The van der Waals surface area contributed by atoms with E-state index in [1.807, 2.05) is 0 Å². The van der Waals surface area contributed by atoms with Gasteiger partial charge in [0.1, 0.15) is 0 Å². The molecule has 182 valence electrons. The predicted molar refractivity (Wildman–Crippen MR) is 117 cm³/mol. The van der Waals surface area contributed by atoms with Crippen LogP contribution in [0.4, 0.5) is 0 Å². The zero-order valence-corrected chi connectivity index (χ0v) is 18.7. The number of hydrogen-bond donors (Lipinski definition) is 2. The summed E-state index contributed by atoms with van der Waals surface area (Å²) in [5.74, 6) is -3.42. The number of benzene rings is 2. The molecule has 34 heavy (non-hydrogen) atoms. The Morgan fingerprint density at radius 3 is 1.21 bits per heavy atom. The highest BCUT2D eigenvalue weighted by Crippen LogP contribution is 2.22. The van der Waals surface area contributed by atoms with Crippen molar-refractivity contribution < 1.29 is 48.3 Å². The molecule has 0 aliphatic carbocycles. The van der Waals surface area contributed by atoms with E-state index in [-0.39, 0.29) is 11.1 Å². The van der Waals surface area contributed by atoms with Gasteiger partial charge in [-0.1, -0.05) is 36.4 Å². The number of carbonyl (C=O) groups is 4. The molecular formula is C24H26O10. The molecule has 0 bridgehead atoms. The van der Waals surface area contributed by atoms with Gasteiger partial charge >= 0.3 is 23.9 Å². The zero-order chi connectivity index (χ0) is 25.1. The van der Waals surface area contributed by atoms with Gasteiger partial charge in [0, 0.05) is 13.8 Å².